The zero-order valence-electron chi connectivity index (χ0n) is 19.4. The maximum atomic E-state index is 13.1. The fourth-order valence-corrected chi connectivity index (χ4v) is 4.39. The van der Waals surface area contributed by atoms with Crippen LogP contribution in [-0.2, 0) is 16.1 Å². The zero-order valence-corrected chi connectivity index (χ0v) is 19.4. The average molecular weight is 440 g/mol. The molecule has 0 unspecified atom stereocenters. The summed E-state index contributed by atoms with van der Waals surface area (Å²) >= 11 is 0. The van der Waals surface area contributed by atoms with Crippen molar-refractivity contribution < 1.29 is 19.1 Å². The highest BCUT2D eigenvalue weighted by Gasteiger charge is 2.32. The van der Waals surface area contributed by atoms with Crippen LogP contribution in [0.4, 0.5) is 0 Å². The molecule has 3 rings (SSSR count). The fourth-order valence-electron chi connectivity index (χ4n) is 4.39. The van der Waals surface area contributed by atoms with Gasteiger partial charge in [-0.1, -0.05) is 37.3 Å². The predicted molar refractivity (Wildman–Crippen MR) is 122 cm³/mol. The van der Waals surface area contributed by atoms with E-state index in [2.05, 4.69) is 10.3 Å². The summed E-state index contributed by atoms with van der Waals surface area (Å²) in [5, 5.41) is 3.02. The summed E-state index contributed by atoms with van der Waals surface area (Å²) < 4.78 is 5.12. The molecule has 0 bridgehead atoms. The number of H-pyrrole nitrogens is 1. The zero-order chi connectivity index (χ0) is 23.3. The van der Waals surface area contributed by atoms with E-state index < -0.39 is 5.97 Å². The predicted octanol–water partition coefficient (Wildman–Crippen LogP) is 3.61. The minimum atomic E-state index is -0.410. The first-order valence-electron chi connectivity index (χ1n) is 11.3. The molecule has 172 valence electrons. The summed E-state index contributed by atoms with van der Waals surface area (Å²) in [5.74, 6) is -0.349. The number of carbonyl (C=O) groups excluding carboxylic acids is 3. The van der Waals surface area contributed by atoms with Gasteiger partial charge in [0, 0.05) is 31.2 Å². The summed E-state index contributed by atoms with van der Waals surface area (Å²) in [5.41, 5.74) is 3.23. The van der Waals surface area contributed by atoms with Crippen LogP contribution in [0.2, 0.25) is 0 Å². The number of nitrogens with one attached hydrogen (secondary N) is 2. The van der Waals surface area contributed by atoms with E-state index in [1.807, 2.05) is 37.3 Å². The van der Waals surface area contributed by atoms with Gasteiger partial charge in [0.1, 0.15) is 5.69 Å². The van der Waals surface area contributed by atoms with Gasteiger partial charge in [-0.2, -0.15) is 0 Å². The van der Waals surface area contributed by atoms with Crippen LogP contribution in [0.25, 0.3) is 0 Å². The molecule has 1 aromatic carbocycles. The Labute approximate surface area is 189 Å². The highest BCUT2D eigenvalue weighted by Crippen LogP contribution is 2.27. The van der Waals surface area contributed by atoms with Crippen molar-refractivity contribution in [3.05, 3.63) is 58.4 Å². The molecule has 0 saturated carbocycles. The van der Waals surface area contributed by atoms with Crippen molar-refractivity contribution in [1.82, 2.24) is 15.2 Å². The Morgan fingerprint density at radius 1 is 1.16 bits per heavy atom. The normalized spacial score (nSPS) is 15.3. The van der Waals surface area contributed by atoms with Crippen LogP contribution in [0.15, 0.2) is 30.3 Å². The summed E-state index contributed by atoms with van der Waals surface area (Å²) in [6.45, 7) is 9.26. The summed E-state index contributed by atoms with van der Waals surface area (Å²) in [6.07, 6.45) is 1.55. The number of piperidine rings is 1. The van der Waals surface area contributed by atoms with Gasteiger partial charge >= 0.3 is 5.97 Å². The van der Waals surface area contributed by atoms with Gasteiger partial charge in [-0.25, -0.2) is 4.79 Å². The minimum absolute atomic E-state index is 0.0496. The smallest absolute Gasteiger partial charge is 0.340 e. The largest absolute Gasteiger partial charge is 0.462 e. The van der Waals surface area contributed by atoms with Crippen molar-refractivity contribution in [2.24, 2.45) is 11.8 Å². The third kappa shape index (κ3) is 5.21. The first-order chi connectivity index (χ1) is 15.3. The van der Waals surface area contributed by atoms with Crippen LogP contribution >= 0.6 is 0 Å². The maximum Gasteiger partial charge on any atom is 0.340 e. The molecule has 1 fully saturated rings. The third-order valence-electron chi connectivity index (χ3n) is 6.39. The van der Waals surface area contributed by atoms with Gasteiger partial charge in [0.2, 0.25) is 5.91 Å². The molecule has 2 N–H and O–H groups in total. The highest BCUT2D eigenvalue weighted by atomic mass is 16.5. The Bertz CT molecular complexity index is 959. The van der Waals surface area contributed by atoms with Crippen LogP contribution in [0.3, 0.4) is 0 Å². The second kappa shape index (κ2) is 10.5. The number of benzene rings is 1. The van der Waals surface area contributed by atoms with Crippen LogP contribution < -0.4 is 5.32 Å². The van der Waals surface area contributed by atoms with E-state index >= 15 is 0 Å². The van der Waals surface area contributed by atoms with Crippen molar-refractivity contribution >= 4 is 17.8 Å². The Morgan fingerprint density at radius 2 is 1.81 bits per heavy atom. The number of likely N-dealkylation sites (tertiary alicyclic amines) is 1. The number of nitrogens with zero attached hydrogens (tertiary/aromatic N) is 1. The molecule has 2 heterocycles. The molecule has 0 aliphatic carbocycles. The lowest BCUT2D eigenvalue weighted by Crippen LogP contribution is -2.42. The van der Waals surface area contributed by atoms with E-state index in [9.17, 15) is 14.4 Å². The number of aryl methyl sites for hydroxylation is 1. The number of carbonyl (C=O) groups is 3. The van der Waals surface area contributed by atoms with Gasteiger partial charge < -0.3 is 19.9 Å². The molecule has 2 amide bonds. The minimum Gasteiger partial charge on any atom is -0.462 e. The molecule has 2 aromatic rings. The van der Waals surface area contributed by atoms with E-state index in [1.54, 1.807) is 25.7 Å². The molecule has 0 radical (unpaired) electrons. The molecule has 7 heteroatoms. The molecule has 32 heavy (non-hydrogen) atoms. The van der Waals surface area contributed by atoms with Crippen LogP contribution in [0.5, 0.6) is 0 Å². The number of esters is 1. The van der Waals surface area contributed by atoms with Gasteiger partial charge in [0.15, 0.2) is 0 Å². The van der Waals surface area contributed by atoms with E-state index in [-0.39, 0.29) is 30.3 Å². The van der Waals surface area contributed by atoms with Crippen molar-refractivity contribution in [2.45, 2.75) is 47.1 Å². The maximum absolute atomic E-state index is 13.1. The Kier molecular flexibility index (Phi) is 7.72. The van der Waals surface area contributed by atoms with Crippen molar-refractivity contribution in [3.63, 3.8) is 0 Å². The SMILES string of the molecule is CCOC(=O)c1c(C)[nH]c(C(=O)N2CCC([C@@H](C)C(=O)NCc3ccccc3)CC2)c1C. The molecule has 1 aliphatic heterocycles. The van der Waals surface area contributed by atoms with Crippen LogP contribution in [0.1, 0.15) is 64.4 Å². The molecule has 1 atom stereocenters. The second-order valence-corrected chi connectivity index (χ2v) is 8.47. The van der Waals surface area contributed by atoms with E-state index in [1.165, 1.54) is 0 Å². The number of hydrogen-bond acceptors (Lipinski definition) is 4. The van der Waals surface area contributed by atoms with Gasteiger partial charge in [0.05, 0.1) is 12.2 Å². The third-order valence-corrected chi connectivity index (χ3v) is 6.39. The quantitative estimate of drug-likeness (QED) is 0.645. The summed E-state index contributed by atoms with van der Waals surface area (Å²) in [4.78, 5) is 42.8. The number of hydrogen-bond donors (Lipinski definition) is 2. The fraction of sp³-hybridized carbons (Fsp3) is 0.480. The molecular formula is C25H33N3O4. The number of ether oxygens (including phenoxy) is 1. The average Bonchev–Trinajstić information content (AvgIpc) is 3.11. The van der Waals surface area contributed by atoms with Crippen LogP contribution in [0, 0.1) is 25.7 Å². The van der Waals surface area contributed by atoms with E-state index in [0.717, 1.165) is 18.4 Å². The lowest BCUT2D eigenvalue weighted by molar-refractivity contribution is -0.126. The monoisotopic (exact) mass is 439 g/mol. The lowest BCUT2D eigenvalue weighted by Gasteiger charge is -2.34. The molecule has 1 saturated heterocycles. The van der Waals surface area contributed by atoms with Gasteiger partial charge in [0.25, 0.3) is 5.91 Å². The summed E-state index contributed by atoms with van der Waals surface area (Å²) in [6, 6.07) is 9.86. The topological polar surface area (TPSA) is 91.5 Å². The van der Waals surface area contributed by atoms with Crippen molar-refractivity contribution in [1.29, 1.82) is 0 Å². The first kappa shape index (κ1) is 23.6. The summed E-state index contributed by atoms with van der Waals surface area (Å²) in [7, 11) is 0. The Morgan fingerprint density at radius 3 is 2.44 bits per heavy atom. The standard InChI is InChI=1S/C25H33N3O4/c1-5-32-25(31)21-17(3)22(27-18(21)4)24(30)28-13-11-20(12-14-28)16(2)23(29)26-15-19-9-7-6-8-10-19/h6-10,16,20,27H,5,11-15H2,1-4H3,(H,26,29)/t16-/m1/s1. The second-order valence-electron chi connectivity index (χ2n) is 8.47. The lowest BCUT2D eigenvalue weighted by atomic mass is 9.84. The number of aromatic nitrogens is 1. The highest BCUT2D eigenvalue weighted by molar-refractivity contribution is 6.00. The van der Waals surface area contributed by atoms with Crippen molar-refractivity contribution in [2.75, 3.05) is 19.7 Å². The Balaban J connectivity index is 1.56. The van der Waals surface area contributed by atoms with Crippen molar-refractivity contribution in [3.8, 4) is 0 Å². The molecule has 1 aliphatic rings. The van der Waals surface area contributed by atoms with Gasteiger partial charge in [-0.05, 0) is 50.7 Å². The van der Waals surface area contributed by atoms with E-state index in [0.29, 0.717) is 42.1 Å². The molecule has 1 aromatic heterocycles. The van der Waals surface area contributed by atoms with Gasteiger partial charge in [-0.3, -0.25) is 9.59 Å². The van der Waals surface area contributed by atoms with Gasteiger partial charge in [-0.15, -0.1) is 0 Å². The number of rotatable bonds is 7. The molecule has 0 spiro atoms. The number of amides is 2. The van der Waals surface area contributed by atoms with E-state index in [4.69, 9.17) is 4.74 Å². The molecular weight excluding hydrogens is 406 g/mol. The van der Waals surface area contributed by atoms with Crippen LogP contribution in [-0.4, -0.2) is 47.4 Å². The Hall–Kier alpha value is -3.09. The first-order valence-corrected chi connectivity index (χ1v) is 11.3. The number of aromatic amines is 1. The molecule has 7 nitrogen and oxygen atoms in total.